The third-order valence-corrected chi connectivity index (χ3v) is 3.10. The van der Waals surface area contributed by atoms with E-state index >= 15 is 0 Å². The molecule has 1 heterocycles. The van der Waals surface area contributed by atoms with Gasteiger partial charge in [0.15, 0.2) is 0 Å². The minimum Gasteiger partial charge on any atom is -0.477 e. The summed E-state index contributed by atoms with van der Waals surface area (Å²) in [7, 11) is 0. The number of unbranched alkanes of at least 4 members (excludes halogenated alkanes) is 1. The van der Waals surface area contributed by atoms with Crippen LogP contribution in [-0.2, 0) is 0 Å². The first-order valence-corrected chi connectivity index (χ1v) is 7.89. The molecule has 0 radical (unpaired) electrons. The van der Waals surface area contributed by atoms with E-state index in [0.29, 0.717) is 18.3 Å². The van der Waals surface area contributed by atoms with Crippen LogP contribution in [0.15, 0.2) is 30.3 Å². The number of ether oxygens (including phenoxy) is 1. The van der Waals surface area contributed by atoms with E-state index in [9.17, 15) is 4.79 Å². The van der Waals surface area contributed by atoms with E-state index in [4.69, 9.17) is 10.5 Å². The van der Waals surface area contributed by atoms with E-state index in [-0.39, 0.29) is 0 Å². The molecule has 2 aromatic rings. The van der Waals surface area contributed by atoms with Crippen LogP contribution in [-0.4, -0.2) is 22.4 Å². The molecule has 1 aromatic carbocycles. The quantitative estimate of drug-likeness (QED) is 0.877. The van der Waals surface area contributed by atoms with Crippen molar-refractivity contribution in [2.24, 2.45) is 5.73 Å². The molecule has 0 unspecified atom stereocenters. The van der Waals surface area contributed by atoms with Gasteiger partial charge in [-0.1, -0.05) is 44.9 Å². The average molecular weight is 318 g/mol. The number of nitrogens with zero attached hydrogens (tertiary/aromatic N) is 2. The second-order valence-electron chi connectivity index (χ2n) is 4.95. The van der Waals surface area contributed by atoms with E-state index in [1.54, 1.807) is 4.68 Å². The largest absolute Gasteiger partial charge is 0.477 e. The zero-order valence-corrected chi connectivity index (χ0v) is 14.3. The fourth-order valence-electron chi connectivity index (χ4n) is 1.77. The van der Waals surface area contributed by atoms with Crippen molar-refractivity contribution < 1.29 is 9.53 Å². The van der Waals surface area contributed by atoms with Gasteiger partial charge in [-0.3, -0.25) is 5.32 Å². The van der Waals surface area contributed by atoms with Gasteiger partial charge in [0.25, 0.3) is 0 Å². The molecule has 0 atom stereocenters. The molecule has 23 heavy (non-hydrogen) atoms. The number of hydrogen-bond acceptors (Lipinski definition) is 3. The summed E-state index contributed by atoms with van der Waals surface area (Å²) in [5.74, 6) is 0.997. The lowest BCUT2D eigenvalue weighted by Crippen LogP contribution is -2.21. The molecule has 3 N–H and O–H groups in total. The van der Waals surface area contributed by atoms with Gasteiger partial charge in [-0.2, -0.15) is 0 Å². The monoisotopic (exact) mass is 318 g/mol. The number of aromatic nitrogens is 2. The second kappa shape index (κ2) is 9.50. The normalized spacial score (nSPS) is 9.74. The first-order valence-electron chi connectivity index (χ1n) is 7.89. The molecule has 6 nitrogen and oxygen atoms in total. The number of para-hydroxylation sites is 1. The SMILES string of the molecule is CCCC.CCOc1nn(-c2ccccc2)c(NC(N)=O)c1C. The van der Waals surface area contributed by atoms with E-state index in [1.165, 1.54) is 12.8 Å². The van der Waals surface area contributed by atoms with Crippen molar-refractivity contribution in [3.63, 3.8) is 0 Å². The van der Waals surface area contributed by atoms with E-state index in [2.05, 4.69) is 24.3 Å². The Morgan fingerprint density at radius 2 is 1.83 bits per heavy atom. The van der Waals surface area contributed by atoms with Gasteiger partial charge in [0.2, 0.25) is 5.88 Å². The van der Waals surface area contributed by atoms with Gasteiger partial charge in [-0.05, 0) is 26.0 Å². The summed E-state index contributed by atoms with van der Waals surface area (Å²) >= 11 is 0. The van der Waals surface area contributed by atoms with Crippen molar-refractivity contribution in [1.82, 2.24) is 9.78 Å². The minimum absolute atomic E-state index is 0.482. The molecule has 2 rings (SSSR count). The molecule has 0 aliphatic rings. The summed E-state index contributed by atoms with van der Waals surface area (Å²) in [6.45, 7) is 8.56. The van der Waals surface area contributed by atoms with Gasteiger partial charge in [-0.25, -0.2) is 9.48 Å². The maximum atomic E-state index is 11.1. The number of rotatable bonds is 5. The van der Waals surface area contributed by atoms with Crippen molar-refractivity contribution in [2.75, 3.05) is 11.9 Å². The number of carbonyl (C=O) groups excluding carboxylic acids is 1. The van der Waals surface area contributed by atoms with Crippen molar-refractivity contribution in [2.45, 2.75) is 40.5 Å². The van der Waals surface area contributed by atoms with Crippen LogP contribution in [0.25, 0.3) is 5.69 Å². The molecule has 0 saturated carbocycles. The van der Waals surface area contributed by atoms with Crippen LogP contribution in [0.2, 0.25) is 0 Å². The summed E-state index contributed by atoms with van der Waals surface area (Å²) in [5, 5.41) is 6.93. The first kappa shape index (κ1) is 18.5. The van der Waals surface area contributed by atoms with Crippen LogP contribution in [0, 0.1) is 6.92 Å². The lowest BCUT2D eigenvalue weighted by Gasteiger charge is -2.07. The number of hydrogen-bond donors (Lipinski definition) is 2. The van der Waals surface area contributed by atoms with Gasteiger partial charge in [0, 0.05) is 0 Å². The van der Waals surface area contributed by atoms with Gasteiger partial charge >= 0.3 is 6.03 Å². The summed E-state index contributed by atoms with van der Waals surface area (Å²) in [4.78, 5) is 11.1. The molecule has 2 amide bonds. The smallest absolute Gasteiger partial charge is 0.317 e. The van der Waals surface area contributed by atoms with Crippen LogP contribution in [0.5, 0.6) is 5.88 Å². The zero-order chi connectivity index (χ0) is 17.2. The highest BCUT2D eigenvalue weighted by Crippen LogP contribution is 2.27. The van der Waals surface area contributed by atoms with Crippen molar-refractivity contribution in [1.29, 1.82) is 0 Å². The van der Waals surface area contributed by atoms with E-state index in [0.717, 1.165) is 11.3 Å². The standard InChI is InChI=1S/C13H16N4O2.C4H10/c1-3-19-12-9(2)11(15-13(14)18)17(16-12)10-7-5-4-6-8-10;1-3-4-2/h4-8H,3H2,1-2H3,(H3,14,15,18);3-4H2,1-2H3. The summed E-state index contributed by atoms with van der Waals surface area (Å²) in [6, 6.07) is 8.82. The summed E-state index contributed by atoms with van der Waals surface area (Å²) in [6.07, 6.45) is 2.64. The summed E-state index contributed by atoms with van der Waals surface area (Å²) in [5.41, 5.74) is 6.75. The topological polar surface area (TPSA) is 82.2 Å². The second-order valence-corrected chi connectivity index (χ2v) is 4.95. The Balaban J connectivity index is 0.000000593. The zero-order valence-electron chi connectivity index (χ0n) is 14.3. The molecular weight excluding hydrogens is 292 g/mol. The van der Waals surface area contributed by atoms with E-state index < -0.39 is 6.03 Å². The molecule has 0 spiro atoms. The molecule has 0 bridgehead atoms. The van der Waals surface area contributed by atoms with Crippen LogP contribution in [0.3, 0.4) is 0 Å². The molecule has 126 valence electrons. The number of primary amides is 1. The molecule has 0 aliphatic heterocycles. The number of nitrogens with one attached hydrogen (secondary N) is 1. The lowest BCUT2D eigenvalue weighted by molar-refractivity contribution is 0.259. The lowest BCUT2D eigenvalue weighted by atomic mass is 10.3. The predicted molar refractivity (Wildman–Crippen MR) is 93.3 cm³/mol. The molecule has 0 saturated heterocycles. The van der Waals surface area contributed by atoms with Crippen LogP contribution in [0.4, 0.5) is 10.6 Å². The number of urea groups is 1. The molecule has 1 aromatic heterocycles. The third kappa shape index (κ3) is 5.32. The Kier molecular flexibility index (Phi) is 7.66. The highest BCUT2D eigenvalue weighted by Gasteiger charge is 2.17. The van der Waals surface area contributed by atoms with Crippen LogP contribution < -0.4 is 15.8 Å². The number of nitrogens with two attached hydrogens (primary N) is 1. The van der Waals surface area contributed by atoms with Gasteiger partial charge in [0.05, 0.1) is 17.9 Å². The van der Waals surface area contributed by atoms with Crippen molar-refractivity contribution >= 4 is 11.8 Å². The van der Waals surface area contributed by atoms with Crippen molar-refractivity contribution in [3.05, 3.63) is 35.9 Å². The Hall–Kier alpha value is -2.50. The van der Waals surface area contributed by atoms with Crippen LogP contribution >= 0.6 is 0 Å². The molecule has 6 heteroatoms. The third-order valence-electron chi connectivity index (χ3n) is 3.10. The summed E-state index contributed by atoms with van der Waals surface area (Å²) < 4.78 is 7.04. The Morgan fingerprint density at radius 3 is 2.30 bits per heavy atom. The average Bonchev–Trinajstić information content (AvgIpc) is 2.85. The highest BCUT2D eigenvalue weighted by atomic mass is 16.5. The maximum Gasteiger partial charge on any atom is 0.317 e. The van der Waals surface area contributed by atoms with Crippen molar-refractivity contribution in [3.8, 4) is 11.6 Å². The Labute approximate surface area is 137 Å². The van der Waals surface area contributed by atoms with Crippen LogP contribution in [0.1, 0.15) is 39.2 Å². The first-order chi connectivity index (χ1) is 11.0. The van der Waals surface area contributed by atoms with Gasteiger partial charge < -0.3 is 10.5 Å². The fraction of sp³-hybridized carbons (Fsp3) is 0.412. The number of carbonyl (C=O) groups is 1. The molecule has 0 fully saturated rings. The van der Waals surface area contributed by atoms with Gasteiger partial charge in [-0.15, -0.1) is 5.10 Å². The Bertz CT molecular complexity index is 607. The maximum absolute atomic E-state index is 11.1. The minimum atomic E-state index is -0.636. The van der Waals surface area contributed by atoms with E-state index in [1.807, 2.05) is 44.2 Å². The highest BCUT2D eigenvalue weighted by molar-refractivity contribution is 5.88. The van der Waals surface area contributed by atoms with Gasteiger partial charge in [0.1, 0.15) is 5.82 Å². The molecule has 0 aliphatic carbocycles. The number of anilines is 1. The predicted octanol–water partition coefficient (Wildman–Crippen LogP) is 3.88. The Morgan fingerprint density at radius 1 is 1.22 bits per heavy atom. The number of amides is 2. The fourth-order valence-corrected chi connectivity index (χ4v) is 1.77. The number of benzene rings is 1. The molecular formula is C17H26N4O2.